The molecule has 0 unspecified atom stereocenters. The normalized spacial score (nSPS) is 22.4. The quantitative estimate of drug-likeness (QED) is 0.879. The highest BCUT2D eigenvalue weighted by atomic mass is 16.5. The van der Waals surface area contributed by atoms with Crippen molar-refractivity contribution in [2.24, 2.45) is 0 Å². The van der Waals surface area contributed by atoms with E-state index in [-0.39, 0.29) is 11.2 Å². The standard InChI is InChI=1S/C15H21N3O3/c1-17-7-4-15(5-8-17)11-18(9-10-21-15)13-12(14(19)20)3-2-6-16-13/h2-3,6H,4-5,7-11H2,1H3,(H,19,20). The average molecular weight is 291 g/mol. The van der Waals surface area contributed by atoms with Crippen molar-refractivity contribution in [1.29, 1.82) is 0 Å². The van der Waals surface area contributed by atoms with Crippen molar-refractivity contribution in [3.05, 3.63) is 23.9 Å². The molecule has 2 fully saturated rings. The van der Waals surface area contributed by atoms with Gasteiger partial charge >= 0.3 is 5.97 Å². The number of piperidine rings is 1. The molecule has 0 aliphatic carbocycles. The predicted molar refractivity (Wildman–Crippen MR) is 78.8 cm³/mol. The number of hydrogen-bond acceptors (Lipinski definition) is 5. The minimum atomic E-state index is -0.929. The lowest BCUT2D eigenvalue weighted by Gasteiger charge is -2.47. The summed E-state index contributed by atoms with van der Waals surface area (Å²) in [5, 5.41) is 9.33. The highest BCUT2D eigenvalue weighted by molar-refractivity contribution is 5.93. The van der Waals surface area contributed by atoms with Crippen LogP contribution in [0.2, 0.25) is 0 Å². The van der Waals surface area contributed by atoms with Crippen LogP contribution in [0.3, 0.4) is 0 Å². The number of ether oxygens (including phenoxy) is 1. The minimum Gasteiger partial charge on any atom is -0.478 e. The van der Waals surface area contributed by atoms with Crippen LogP contribution in [0.1, 0.15) is 23.2 Å². The lowest BCUT2D eigenvalue weighted by Crippen LogP contribution is -2.56. The van der Waals surface area contributed by atoms with Crippen molar-refractivity contribution in [2.75, 3.05) is 44.7 Å². The van der Waals surface area contributed by atoms with Crippen LogP contribution in [-0.4, -0.2) is 66.4 Å². The fourth-order valence-electron chi connectivity index (χ4n) is 3.17. The van der Waals surface area contributed by atoms with Gasteiger partial charge in [0.1, 0.15) is 11.4 Å². The van der Waals surface area contributed by atoms with E-state index in [0.29, 0.717) is 19.0 Å². The zero-order chi connectivity index (χ0) is 14.9. The molecule has 0 radical (unpaired) electrons. The number of rotatable bonds is 2. The summed E-state index contributed by atoms with van der Waals surface area (Å²) in [6.07, 6.45) is 3.61. The Morgan fingerprint density at radius 1 is 1.38 bits per heavy atom. The first-order chi connectivity index (χ1) is 10.1. The van der Waals surface area contributed by atoms with Crippen LogP contribution in [0.25, 0.3) is 0 Å². The zero-order valence-corrected chi connectivity index (χ0v) is 12.3. The first-order valence-electron chi connectivity index (χ1n) is 7.35. The molecule has 1 aromatic rings. The minimum absolute atomic E-state index is 0.155. The number of nitrogens with zero attached hydrogens (tertiary/aromatic N) is 3. The number of pyridine rings is 1. The smallest absolute Gasteiger partial charge is 0.339 e. The first-order valence-corrected chi connectivity index (χ1v) is 7.35. The molecule has 114 valence electrons. The van der Waals surface area contributed by atoms with Crippen molar-refractivity contribution in [3.63, 3.8) is 0 Å². The van der Waals surface area contributed by atoms with Gasteiger partial charge in [0.05, 0.1) is 12.2 Å². The molecular formula is C15H21N3O3. The van der Waals surface area contributed by atoms with Gasteiger partial charge in [-0.15, -0.1) is 0 Å². The predicted octanol–water partition coefficient (Wildman–Crippen LogP) is 1.08. The van der Waals surface area contributed by atoms with Gasteiger partial charge in [0.2, 0.25) is 0 Å². The number of carbonyl (C=O) groups is 1. The van der Waals surface area contributed by atoms with E-state index >= 15 is 0 Å². The number of anilines is 1. The van der Waals surface area contributed by atoms with Crippen molar-refractivity contribution in [2.45, 2.75) is 18.4 Å². The van der Waals surface area contributed by atoms with Crippen molar-refractivity contribution >= 4 is 11.8 Å². The van der Waals surface area contributed by atoms with Gasteiger partial charge in [-0.3, -0.25) is 0 Å². The Morgan fingerprint density at radius 2 is 2.14 bits per heavy atom. The average Bonchev–Trinajstić information content (AvgIpc) is 2.51. The maximum absolute atomic E-state index is 11.4. The van der Waals surface area contributed by atoms with Gasteiger partial charge < -0.3 is 19.6 Å². The SMILES string of the molecule is CN1CCC2(CC1)CN(c1ncccc1C(=O)O)CCO2. The molecule has 0 bridgehead atoms. The Labute approximate surface area is 124 Å². The molecule has 1 spiro atoms. The summed E-state index contributed by atoms with van der Waals surface area (Å²) in [7, 11) is 2.12. The molecule has 6 heteroatoms. The molecule has 0 atom stereocenters. The number of aromatic nitrogens is 1. The highest BCUT2D eigenvalue weighted by Gasteiger charge is 2.40. The Morgan fingerprint density at radius 3 is 2.86 bits per heavy atom. The maximum atomic E-state index is 11.4. The molecule has 2 aliphatic rings. The Kier molecular flexibility index (Phi) is 3.82. The van der Waals surface area contributed by atoms with E-state index in [2.05, 4.69) is 21.8 Å². The van der Waals surface area contributed by atoms with Gasteiger partial charge in [0, 0.05) is 32.4 Å². The van der Waals surface area contributed by atoms with E-state index in [1.54, 1.807) is 18.3 Å². The lowest BCUT2D eigenvalue weighted by atomic mass is 9.89. The van der Waals surface area contributed by atoms with Crippen LogP contribution in [-0.2, 0) is 4.74 Å². The van der Waals surface area contributed by atoms with Crippen molar-refractivity contribution in [3.8, 4) is 0 Å². The van der Waals surface area contributed by atoms with Gasteiger partial charge in [0.15, 0.2) is 0 Å². The molecule has 21 heavy (non-hydrogen) atoms. The largest absolute Gasteiger partial charge is 0.478 e. The van der Waals surface area contributed by atoms with Gasteiger partial charge in [-0.05, 0) is 32.0 Å². The van der Waals surface area contributed by atoms with E-state index in [0.717, 1.165) is 32.5 Å². The molecule has 1 N–H and O–H groups in total. The summed E-state index contributed by atoms with van der Waals surface area (Å²) < 4.78 is 6.06. The second-order valence-corrected chi connectivity index (χ2v) is 5.94. The molecule has 3 rings (SSSR count). The third-order valence-corrected chi connectivity index (χ3v) is 4.46. The summed E-state index contributed by atoms with van der Waals surface area (Å²) in [6, 6.07) is 3.28. The van der Waals surface area contributed by atoms with Crippen molar-refractivity contribution in [1.82, 2.24) is 9.88 Å². The number of carboxylic acids is 1. The monoisotopic (exact) mass is 291 g/mol. The molecule has 0 amide bonds. The van der Waals surface area contributed by atoms with E-state index in [4.69, 9.17) is 4.74 Å². The first kappa shape index (κ1) is 14.3. The fourth-order valence-corrected chi connectivity index (χ4v) is 3.17. The van der Waals surface area contributed by atoms with E-state index in [1.807, 2.05) is 0 Å². The van der Waals surface area contributed by atoms with Crippen LogP contribution < -0.4 is 4.90 Å². The van der Waals surface area contributed by atoms with Crippen LogP contribution in [0.15, 0.2) is 18.3 Å². The number of carboxylic acid groups (broad SMARTS) is 1. The van der Waals surface area contributed by atoms with Crippen molar-refractivity contribution < 1.29 is 14.6 Å². The maximum Gasteiger partial charge on any atom is 0.339 e. The molecule has 2 saturated heterocycles. The van der Waals surface area contributed by atoms with Crippen LogP contribution in [0.4, 0.5) is 5.82 Å². The number of hydrogen-bond donors (Lipinski definition) is 1. The summed E-state index contributed by atoms with van der Waals surface area (Å²) in [4.78, 5) is 20.0. The molecular weight excluding hydrogens is 270 g/mol. The topological polar surface area (TPSA) is 65.9 Å². The molecule has 2 aliphatic heterocycles. The van der Waals surface area contributed by atoms with Gasteiger partial charge in [-0.25, -0.2) is 9.78 Å². The third-order valence-electron chi connectivity index (χ3n) is 4.46. The number of aromatic carboxylic acids is 1. The van der Waals surface area contributed by atoms with E-state index in [1.165, 1.54) is 0 Å². The van der Waals surface area contributed by atoms with E-state index < -0.39 is 5.97 Å². The molecule has 0 aromatic carbocycles. The van der Waals surface area contributed by atoms with Crippen LogP contribution in [0, 0.1) is 0 Å². The molecule has 6 nitrogen and oxygen atoms in total. The third kappa shape index (κ3) is 2.87. The Hall–Kier alpha value is -1.66. The highest BCUT2D eigenvalue weighted by Crippen LogP contribution is 2.32. The Bertz CT molecular complexity index is 527. The van der Waals surface area contributed by atoms with Gasteiger partial charge in [0.25, 0.3) is 0 Å². The number of morpholine rings is 1. The van der Waals surface area contributed by atoms with Crippen LogP contribution >= 0.6 is 0 Å². The lowest BCUT2D eigenvalue weighted by molar-refractivity contribution is -0.0885. The molecule has 1 aromatic heterocycles. The fraction of sp³-hybridized carbons (Fsp3) is 0.600. The summed E-state index contributed by atoms with van der Waals surface area (Å²) in [5.41, 5.74) is 0.111. The van der Waals surface area contributed by atoms with Gasteiger partial charge in [-0.2, -0.15) is 0 Å². The Balaban J connectivity index is 1.82. The molecule has 3 heterocycles. The van der Waals surface area contributed by atoms with Gasteiger partial charge in [-0.1, -0.05) is 0 Å². The second-order valence-electron chi connectivity index (χ2n) is 5.94. The summed E-state index contributed by atoms with van der Waals surface area (Å²) >= 11 is 0. The second kappa shape index (κ2) is 5.61. The zero-order valence-electron chi connectivity index (χ0n) is 12.3. The number of likely N-dealkylation sites (tertiary alicyclic amines) is 1. The van der Waals surface area contributed by atoms with Crippen LogP contribution in [0.5, 0.6) is 0 Å². The summed E-state index contributed by atoms with van der Waals surface area (Å²) in [6.45, 7) is 4.07. The summed E-state index contributed by atoms with van der Waals surface area (Å²) in [5.74, 6) is -0.367. The molecule has 0 saturated carbocycles. The van der Waals surface area contributed by atoms with E-state index in [9.17, 15) is 9.90 Å².